The van der Waals surface area contributed by atoms with E-state index >= 15 is 0 Å². The fourth-order valence-corrected chi connectivity index (χ4v) is 8.39. The van der Waals surface area contributed by atoms with Crippen LogP contribution in [0, 0.1) is 5.92 Å². The molecule has 0 aliphatic heterocycles. The highest BCUT2D eigenvalue weighted by Crippen LogP contribution is 2.17. The summed E-state index contributed by atoms with van der Waals surface area (Å²) < 4.78 is 16.8. The summed E-state index contributed by atoms with van der Waals surface area (Å²) >= 11 is 0. The van der Waals surface area contributed by atoms with E-state index in [-0.39, 0.29) is 31.1 Å². The van der Waals surface area contributed by atoms with E-state index in [1.54, 1.807) is 0 Å². The van der Waals surface area contributed by atoms with Crippen LogP contribution in [0.25, 0.3) is 0 Å². The summed E-state index contributed by atoms with van der Waals surface area (Å²) in [6.07, 6.45) is 52.5. The zero-order valence-corrected chi connectivity index (χ0v) is 41.6. The summed E-state index contributed by atoms with van der Waals surface area (Å²) in [6.45, 7) is 8.99. The van der Waals surface area contributed by atoms with Crippen molar-refractivity contribution in [1.82, 2.24) is 0 Å². The van der Waals surface area contributed by atoms with Gasteiger partial charge in [0.15, 0.2) is 6.10 Å². The Labute approximate surface area is 380 Å². The smallest absolute Gasteiger partial charge is 0.306 e. The molecule has 362 valence electrons. The summed E-state index contributed by atoms with van der Waals surface area (Å²) in [6, 6.07) is 0. The van der Waals surface area contributed by atoms with Crippen LogP contribution in [0.5, 0.6) is 0 Å². The predicted molar refractivity (Wildman–Crippen MR) is 261 cm³/mol. The lowest BCUT2D eigenvalue weighted by atomic mass is 10.0. The Hall–Kier alpha value is -1.59. The van der Waals surface area contributed by atoms with Crippen molar-refractivity contribution in [3.63, 3.8) is 0 Å². The van der Waals surface area contributed by atoms with Crippen molar-refractivity contribution in [3.8, 4) is 0 Å². The Balaban J connectivity index is 4.23. The first-order valence-electron chi connectivity index (χ1n) is 27.4. The summed E-state index contributed by atoms with van der Waals surface area (Å²) in [7, 11) is 0. The van der Waals surface area contributed by atoms with Gasteiger partial charge in [-0.3, -0.25) is 14.4 Å². The average molecular weight is 863 g/mol. The molecule has 0 saturated carbocycles. The van der Waals surface area contributed by atoms with Crippen molar-refractivity contribution in [2.24, 2.45) is 5.92 Å². The second kappa shape index (κ2) is 49.4. The molecule has 0 aliphatic carbocycles. The lowest BCUT2D eigenvalue weighted by molar-refractivity contribution is -0.167. The van der Waals surface area contributed by atoms with E-state index < -0.39 is 6.10 Å². The number of hydrogen-bond donors (Lipinski definition) is 0. The molecule has 0 bridgehead atoms. The predicted octanol–water partition coefficient (Wildman–Crippen LogP) is 17.8. The van der Waals surface area contributed by atoms with Crippen molar-refractivity contribution < 1.29 is 28.6 Å². The monoisotopic (exact) mass is 863 g/mol. The van der Waals surface area contributed by atoms with Crippen LogP contribution in [-0.4, -0.2) is 37.2 Å². The minimum absolute atomic E-state index is 0.0630. The fourth-order valence-electron chi connectivity index (χ4n) is 8.39. The third kappa shape index (κ3) is 49.3. The normalized spacial score (nSPS) is 12.0. The van der Waals surface area contributed by atoms with E-state index in [0.29, 0.717) is 19.3 Å². The van der Waals surface area contributed by atoms with Crippen molar-refractivity contribution in [2.75, 3.05) is 13.2 Å². The second-order valence-corrected chi connectivity index (χ2v) is 19.3. The lowest BCUT2D eigenvalue weighted by Crippen LogP contribution is -2.30. The average Bonchev–Trinajstić information content (AvgIpc) is 3.24. The van der Waals surface area contributed by atoms with Crippen molar-refractivity contribution in [1.29, 1.82) is 0 Å². The molecule has 0 rings (SSSR count). The third-order valence-electron chi connectivity index (χ3n) is 12.5. The topological polar surface area (TPSA) is 78.9 Å². The maximum absolute atomic E-state index is 12.8. The molecule has 0 aromatic rings. The minimum atomic E-state index is -0.761. The maximum atomic E-state index is 12.8. The molecule has 0 aliphatic rings. The van der Waals surface area contributed by atoms with Crippen molar-refractivity contribution in [3.05, 3.63) is 0 Å². The molecule has 0 N–H and O–H groups in total. The Morgan fingerprint density at radius 3 is 0.803 bits per heavy atom. The highest BCUT2D eigenvalue weighted by atomic mass is 16.6. The summed E-state index contributed by atoms with van der Waals surface area (Å²) in [5.41, 5.74) is 0. The SMILES string of the molecule is CCCCCCCCCCCCCCCCCCCCCC(=O)OC[C@H](COC(=O)CCCCCCCCCC(C)C)OC(=O)CCCCCCCCCCCCCCCC. The van der Waals surface area contributed by atoms with E-state index in [2.05, 4.69) is 27.7 Å². The second-order valence-electron chi connectivity index (χ2n) is 19.3. The van der Waals surface area contributed by atoms with E-state index in [9.17, 15) is 14.4 Å². The van der Waals surface area contributed by atoms with Gasteiger partial charge in [-0.1, -0.05) is 272 Å². The molecular weight excluding hydrogens is 757 g/mol. The zero-order valence-electron chi connectivity index (χ0n) is 41.6. The van der Waals surface area contributed by atoms with E-state index in [4.69, 9.17) is 14.2 Å². The molecule has 0 unspecified atom stereocenters. The Morgan fingerprint density at radius 2 is 0.541 bits per heavy atom. The highest BCUT2D eigenvalue weighted by molar-refractivity contribution is 5.71. The summed E-state index contributed by atoms with van der Waals surface area (Å²) in [4.78, 5) is 38.0. The van der Waals surface area contributed by atoms with Crippen LogP contribution in [-0.2, 0) is 28.6 Å². The Kier molecular flexibility index (Phi) is 48.1. The summed E-state index contributed by atoms with van der Waals surface area (Å²) in [5.74, 6) is -0.0626. The van der Waals surface area contributed by atoms with Gasteiger partial charge in [0.1, 0.15) is 13.2 Å². The van der Waals surface area contributed by atoms with Gasteiger partial charge < -0.3 is 14.2 Å². The molecule has 0 aromatic carbocycles. The Bertz CT molecular complexity index is 918. The minimum Gasteiger partial charge on any atom is -0.462 e. The molecule has 0 saturated heterocycles. The number of carbonyl (C=O) groups is 3. The van der Waals surface area contributed by atoms with Crippen molar-refractivity contribution in [2.45, 2.75) is 316 Å². The van der Waals surface area contributed by atoms with Gasteiger partial charge in [-0.2, -0.15) is 0 Å². The van der Waals surface area contributed by atoms with E-state index in [1.165, 1.54) is 205 Å². The first-order chi connectivity index (χ1) is 29.9. The maximum Gasteiger partial charge on any atom is 0.306 e. The number of unbranched alkanes of at least 4 members (excludes halogenated alkanes) is 37. The van der Waals surface area contributed by atoms with Crippen LogP contribution in [0.15, 0.2) is 0 Å². The quantitative estimate of drug-likeness (QED) is 0.0344. The molecule has 0 heterocycles. The van der Waals surface area contributed by atoms with Gasteiger partial charge >= 0.3 is 17.9 Å². The third-order valence-corrected chi connectivity index (χ3v) is 12.5. The van der Waals surface area contributed by atoms with Crippen LogP contribution in [0.4, 0.5) is 0 Å². The van der Waals surface area contributed by atoms with Crippen LogP contribution in [0.1, 0.15) is 310 Å². The van der Waals surface area contributed by atoms with Crippen LogP contribution >= 0.6 is 0 Å². The van der Waals surface area contributed by atoms with Gasteiger partial charge in [-0.25, -0.2) is 0 Å². The number of rotatable bonds is 50. The lowest BCUT2D eigenvalue weighted by Gasteiger charge is -2.18. The molecule has 0 fully saturated rings. The number of esters is 3. The fraction of sp³-hybridized carbons (Fsp3) is 0.945. The largest absolute Gasteiger partial charge is 0.462 e. The highest BCUT2D eigenvalue weighted by Gasteiger charge is 2.19. The molecule has 1 atom stereocenters. The molecule has 0 aromatic heterocycles. The van der Waals surface area contributed by atoms with E-state index in [1.807, 2.05) is 0 Å². The molecule has 6 nitrogen and oxygen atoms in total. The molecule has 0 spiro atoms. The van der Waals surface area contributed by atoms with Crippen LogP contribution in [0.2, 0.25) is 0 Å². The Morgan fingerprint density at radius 1 is 0.311 bits per heavy atom. The molecule has 61 heavy (non-hydrogen) atoms. The molecule has 0 amide bonds. The standard InChI is InChI=1S/C55H106O6/c1-5-7-9-11-13-15-17-19-21-22-23-24-25-27-28-30-34-38-42-46-53(56)59-49-52(50-60-54(57)47-43-39-36-32-33-37-41-45-51(3)4)61-55(58)48-44-40-35-31-29-26-20-18-16-14-12-10-8-6-2/h51-52H,5-50H2,1-4H3/t52-/m1/s1. The first-order valence-corrected chi connectivity index (χ1v) is 27.4. The van der Waals surface area contributed by atoms with Crippen LogP contribution < -0.4 is 0 Å². The number of ether oxygens (including phenoxy) is 3. The molecule has 0 radical (unpaired) electrons. The van der Waals surface area contributed by atoms with Gasteiger partial charge in [0.25, 0.3) is 0 Å². The number of carbonyl (C=O) groups excluding carboxylic acids is 3. The number of hydrogen-bond acceptors (Lipinski definition) is 6. The van der Waals surface area contributed by atoms with Gasteiger partial charge in [0.05, 0.1) is 0 Å². The van der Waals surface area contributed by atoms with Crippen LogP contribution in [0.3, 0.4) is 0 Å². The van der Waals surface area contributed by atoms with Gasteiger partial charge in [-0.15, -0.1) is 0 Å². The van der Waals surface area contributed by atoms with Crippen molar-refractivity contribution >= 4 is 17.9 Å². The zero-order chi connectivity index (χ0) is 44.5. The van der Waals surface area contributed by atoms with Gasteiger partial charge in [0, 0.05) is 19.3 Å². The van der Waals surface area contributed by atoms with Gasteiger partial charge in [-0.05, 0) is 25.2 Å². The van der Waals surface area contributed by atoms with Gasteiger partial charge in [0.2, 0.25) is 0 Å². The summed E-state index contributed by atoms with van der Waals surface area (Å²) in [5, 5.41) is 0. The molecular formula is C55H106O6. The molecule has 6 heteroatoms. The van der Waals surface area contributed by atoms with E-state index in [0.717, 1.165) is 63.7 Å². The first kappa shape index (κ1) is 59.4.